The molecule has 6 heteroatoms. The van der Waals surface area contributed by atoms with Gasteiger partial charge < -0.3 is 10.5 Å². The van der Waals surface area contributed by atoms with Gasteiger partial charge >= 0.3 is 0 Å². The lowest BCUT2D eigenvalue weighted by atomic mass is 10.1. The van der Waals surface area contributed by atoms with Crippen LogP contribution < -0.4 is 5.32 Å². The fourth-order valence-electron chi connectivity index (χ4n) is 1.48. The molecule has 0 spiro atoms. The summed E-state index contributed by atoms with van der Waals surface area (Å²) in [6, 6.07) is 8.99. The van der Waals surface area contributed by atoms with Gasteiger partial charge in [-0.2, -0.15) is 0 Å². The molecule has 0 radical (unpaired) electrons. The molecular weight excluding hydrogens is 375 g/mol. The Morgan fingerprint density at radius 2 is 2.00 bits per heavy atom. The molecule has 0 aliphatic rings. The summed E-state index contributed by atoms with van der Waals surface area (Å²) < 4.78 is 1.08. The van der Waals surface area contributed by atoms with Crippen molar-refractivity contribution < 1.29 is 10.0 Å². The number of hydrogen-bond acceptors (Lipinski definition) is 4. The molecule has 1 aromatic carbocycles. The summed E-state index contributed by atoms with van der Waals surface area (Å²) in [7, 11) is 0. The molecule has 0 atom stereocenters. The van der Waals surface area contributed by atoms with E-state index in [1.54, 1.807) is 31.2 Å². The van der Waals surface area contributed by atoms with Gasteiger partial charge in [0.1, 0.15) is 0 Å². The molecule has 0 bridgehead atoms. The van der Waals surface area contributed by atoms with Crippen LogP contribution in [-0.2, 0) is 0 Å². The molecule has 19 heavy (non-hydrogen) atoms. The van der Waals surface area contributed by atoms with Crippen molar-refractivity contribution in [3.63, 3.8) is 0 Å². The minimum absolute atomic E-state index is 0.125. The molecule has 2 aromatic rings. The highest BCUT2D eigenvalue weighted by Crippen LogP contribution is 2.18. The molecule has 4 nitrogen and oxygen atoms in total. The number of rotatable bonds is 3. The lowest BCUT2D eigenvalue weighted by molar-refractivity contribution is 0.102. The lowest BCUT2D eigenvalue weighted by Crippen LogP contribution is -2.10. The number of nitrogens with one attached hydrogen (secondary N) is 1. The lowest BCUT2D eigenvalue weighted by Gasteiger charge is -2.05. The largest absolute Gasteiger partial charge is 0.411 e. The predicted molar refractivity (Wildman–Crippen MR) is 85.4 cm³/mol. The van der Waals surface area contributed by atoms with Gasteiger partial charge in [-0.05, 0) is 53.3 Å². The third-order valence-corrected chi connectivity index (χ3v) is 4.33. The van der Waals surface area contributed by atoms with Crippen molar-refractivity contribution in [2.24, 2.45) is 5.16 Å². The quantitative estimate of drug-likeness (QED) is 0.365. The number of hydrogen-bond donors (Lipinski definition) is 2. The molecule has 0 saturated carbocycles. The zero-order valence-electron chi connectivity index (χ0n) is 10.1. The van der Waals surface area contributed by atoms with Crippen LogP contribution in [0.5, 0.6) is 0 Å². The summed E-state index contributed by atoms with van der Waals surface area (Å²) in [5.74, 6) is -0.125. The van der Waals surface area contributed by atoms with E-state index in [1.807, 2.05) is 11.4 Å². The van der Waals surface area contributed by atoms with Crippen LogP contribution in [0.25, 0.3) is 0 Å². The summed E-state index contributed by atoms with van der Waals surface area (Å²) in [6.07, 6.45) is 0. The van der Waals surface area contributed by atoms with E-state index in [9.17, 15) is 4.79 Å². The van der Waals surface area contributed by atoms with E-state index >= 15 is 0 Å². The molecule has 0 saturated heterocycles. The third kappa shape index (κ3) is 3.54. The number of carbonyl (C=O) groups is 1. The highest BCUT2D eigenvalue weighted by Gasteiger charge is 2.08. The normalized spacial score (nSPS) is 11.4. The number of benzene rings is 1. The van der Waals surface area contributed by atoms with Gasteiger partial charge in [-0.3, -0.25) is 4.79 Å². The molecule has 0 fully saturated rings. The van der Waals surface area contributed by atoms with E-state index in [0.29, 0.717) is 17.0 Å². The monoisotopic (exact) mass is 386 g/mol. The minimum atomic E-state index is -0.125. The average molecular weight is 386 g/mol. The Hall–Kier alpha value is -1.41. The molecule has 0 unspecified atom stereocenters. The molecule has 2 rings (SSSR count). The van der Waals surface area contributed by atoms with Gasteiger partial charge in [0.05, 0.1) is 14.2 Å². The van der Waals surface area contributed by atoms with Gasteiger partial charge in [0.25, 0.3) is 5.91 Å². The van der Waals surface area contributed by atoms with Crippen LogP contribution in [0.1, 0.15) is 22.8 Å². The van der Waals surface area contributed by atoms with Crippen molar-refractivity contribution in [2.45, 2.75) is 6.92 Å². The maximum atomic E-state index is 11.9. The summed E-state index contributed by atoms with van der Waals surface area (Å²) in [5, 5.41) is 16.4. The van der Waals surface area contributed by atoms with Gasteiger partial charge in [0, 0.05) is 11.1 Å². The molecule has 2 N–H and O–H groups in total. The maximum Gasteiger partial charge on any atom is 0.256 e. The second-order valence-electron chi connectivity index (χ2n) is 3.86. The summed E-state index contributed by atoms with van der Waals surface area (Å²) in [4.78, 5) is 11.9. The highest BCUT2D eigenvalue weighted by molar-refractivity contribution is 14.1. The van der Waals surface area contributed by atoms with Crippen molar-refractivity contribution in [2.75, 3.05) is 5.32 Å². The first kappa shape index (κ1) is 14.0. The number of oxime groups is 1. The fraction of sp³-hybridized carbons (Fsp3) is 0.0769. The number of nitrogens with zero attached hydrogens (tertiary/aromatic N) is 1. The smallest absolute Gasteiger partial charge is 0.256 e. The Labute approximate surface area is 128 Å². The van der Waals surface area contributed by atoms with Crippen molar-refractivity contribution >= 4 is 51.2 Å². The number of halogens is 1. The van der Waals surface area contributed by atoms with Gasteiger partial charge in [-0.25, -0.2) is 0 Å². The first-order valence-electron chi connectivity index (χ1n) is 5.44. The zero-order valence-corrected chi connectivity index (χ0v) is 13.0. The van der Waals surface area contributed by atoms with E-state index < -0.39 is 0 Å². The standard InChI is InChI=1S/C13H11IN2O2S/c1-8(16-18)9-2-4-11(5-3-9)15-13(17)10-6-12(14)19-7-10/h2-7,18H,1H3,(H,15,17). The van der Waals surface area contributed by atoms with Crippen LogP contribution in [-0.4, -0.2) is 16.8 Å². The summed E-state index contributed by atoms with van der Waals surface area (Å²) in [5.41, 5.74) is 2.71. The van der Waals surface area contributed by atoms with Crippen LogP contribution in [0.15, 0.2) is 40.9 Å². The molecule has 0 aliphatic carbocycles. The average Bonchev–Trinajstić information content (AvgIpc) is 2.85. The maximum absolute atomic E-state index is 11.9. The molecule has 98 valence electrons. The number of thiophene rings is 1. The van der Waals surface area contributed by atoms with Crippen LogP contribution in [0.2, 0.25) is 0 Å². The Balaban J connectivity index is 2.10. The Morgan fingerprint density at radius 1 is 1.32 bits per heavy atom. The predicted octanol–water partition coefficient (Wildman–Crippen LogP) is 3.80. The van der Waals surface area contributed by atoms with Crippen LogP contribution in [0.4, 0.5) is 5.69 Å². The Kier molecular flexibility index (Phi) is 4.54. The SMILES string of the molecule is CC(=NO)c1ccc(NC(=O)c2csc(I)c2)cc1. The minimum Gasteiger partial charge on any atom is -0.411 e. The van der Waals surface area contributed by atoms with Gasteiger partial charge in [-0.1, -0.05) is 17.3 Å². The van der Waals surface area contributed by atoms with Gasteiger partial charge in [-0.15, -0.1) is 11.3 Å². The van der Waals surface area contributed by atoms with E-state index in [0.717, 1.165) is 8.45 Å². The number of carbonyl (C=O) groups excluding carboxylic acids is 1. The Morgan fingerprint density at radius 3 is 2.53 bits per heavy atom. The first-order chi connectivity index (χ1) is 9.10. The van der Waals surface area contributed by atoms with Crippen LogP contribution in [0, 0.1) is 2.88 Å². The molecule has 1 aromatic heterocycles. The second kappa shape index (κ2) is 6.16. The van der Waals surface area contributed by atoms with E-state index in [1.165, 1.54) is 11.3 Å². The molecule has 1 heterocycles. The van der Waals surface area contributed by atoms with Gasteiger partial charge in [0.2, 0.25) is 0 Å². The third-order valence-electron chi connectivity index (χ3n) is 2.54. The molecular formula is C13H11IN2O2S. The zero-order chi connectivity index (χ0) is 13.8. The first-order valence-corrected chi connectivity index (χ1v) is 7.40. The Bertz CT molecular complexity index is 620. The van der Waals surface area contributed by atoms with Crippen molar-refractivity contribution in [1.82, 2.24) is 0 Å². The summed E-state index contributed by atoms with van der Waals surface area (Å²) >= 11 is 3.72. The van der Waals surface area contributed by atoms with Crippen molar-refractivity contribution in [3.8, 4) is 0 Å². The van der Waals surface area contributed by atoms with Crippen molar-refractivity contribution in [1.29, 1.82) is 0 Å². The van der Waals surface area contributed by atoms with Crippen molar-refractivity contribution in [3.05, 3.63) is 49.7 Å². The fourth-order valence-corrected chi connectivity index (χ4v) is 2.81. The molecule has 0 aliphatic heterocycles. The number of amides is 1. The molecule has 1 amide bonds. The van der Waals surface area contributed by atoms with E-state index in [2.05, 4.69) is 33.1 Å². The summed E-state index contributed by atoms with van der Waals surface area (Å²) in [6.45, 7) is 1.71. The topological polar surface area (TPSA) is 61.7 Å². The van der Waals surface area contributed by atoms with Gasteiger partial charge in [0.15, 0.2) is 0 Å². The van der Waals surface area contributed by atoms with Crippen LogP contribution >= 0.6 is 33.9 Å². The highest BCUT2D eigenvalue weighted by atomic mass is 127. The number of anilines is 1. The second-order valence-corrected chi connectivity index (χ2v) is 6.66. The van der Waals surface area contributed by atoms with Crippen LogP contribution in [0.3, 0.4) is 0 Å². The van der Waals surface area contributed by atoms with E-state index in [-0.39, 0.29) is 5.91 Å². The van der Waals surface area contributed by atoms with E-state index in [4.69, 9.17) is 5.21 Å².